The molecule has 9 heteroatoms. The number of ketones is 1. The largest absolute Gasteiger partial charge is 0.507 e. The van der Waals surface area contributed by atoms with Crippen LogP contribution in [-0.2, 0) is 14.3 Å². The van der Waals surface area contributed by atoms with Gasteiger partial charge in [-0.05, 0) is 67.8 Å². The number of aromatic hydroxyl groups is 1. The molecule has 2 atom stereocenters. The van der Waals surface area contributed by atoms with E-state index in [4.69, 9.17) is 15.2 Å². The van der Waals surface area contributed by atoms with Gasteiger partial charge in [-0.1, -0.05) is 42.5 Å². The molecule has 4 rings (SSSR count). The number of carbonyl (C=O) groups excluding carboxylic acids is 3. The van der Waals surface area contributed by atoms with Crippen molar-refractivity contribution in [1.82, 2.24) is 0 Å². The summed E-state index contributed by atoms with van der Waals surface area (Å²) in [5.41, 5.74) is 8.32. The topological polar surface area (TPSA) is 140 Å². The SMILES string of the molecule is CCO[C@@H](/C=C/C(=O)Nc1ccccc1N)[C@@H](OC(=O)Nc1ccc(C(C)=O)cc1)c1ccc(O)c2ccccc12. The van der Waals surface area contributed by atoms with Crippen LogP contribution in [0.15, 0.2) is 97.1 Å². The Balaban J connectivity index is 1.65. The molecule has 0 spiro atoms. The third kappa shape index (κ3) is 7.28. The molecular weight excluding hydrogens is 522 g/mol. The van der Waals surface area contributed by atoms with Crippen LogP contribution in [0.2, 0.25) is 0 Å². The second kappa shape index (κ2) is 13.3. The number of benzene rings is 4. The van der Waals surface area contributed by atoms with E-state index in [9.17, 15) is 19.5 Å². The maximum Gasteiger partial charge on any atom is 0.412 e. The van der Waals surface area contributed by atoms with Crippen molar-refractivity contribution in [2.45, 2.75) is 26.1 Å². The first-order chi connectivity index (χ1) is 19.8. The summed E-state index contributed by atoms with van der Waals surface area (Å²) in [5.74, 6) is -0.470. The number of nitrogens with two attached hydrogens (primary N) is 1. The number of nitrogen functional groups attached to an aromatic ring is 1. The molecular formula is C32H31N3O6. The molecule has 0 fully saturated rings. The first kappa shape index (κ1) is 28.8. The van der Waals surface area contributed by atoms with Crippen LogP contribution < -0.4 is 16.4 Å². The third-order valence-corrected chi connectivity index (χ3v) is 6.33. The standard InChI is InChI=1S/C32H31N3O6/c1-3-40-29(18-19-30(38)35-27-11-7-6-10-26(27)33)31(25-16-17-28(37)24-9-5-4-8-23(24)25)41-32(39)34-22-14-12-21(13-15-22)20(2)36/h4-19,29,31,37H,3,33H2,1-2H3,(H,34,39)(H,35,38)/b19-18+/t29-,31-/m0/s1. The highest BCUT2D eigenvalue weighted by Gasteiger charge is 2.28. The fourth-order valence-corrected chi connectivity index (χ4v) is 4.32. The summed E-state index contributed by atoms with van der Waals surface area (Å²) < 4.78 is 11.9. The summed E-state index contributed by atoms with van der Waals surface area (Å²) in [4.78, 5) is 37.5. The van der Waals surface area contributed by atoms with E-state index in [1.54, 1.807) is 79.7 Å². The van der Waals surface area contributed by atoms with E-state index in [1.807, 2.05) is 6.07 Å². The predicted octanol–water partition coefficient (Wildman–Crippen LogP) is 6.22. The Morgan fingerprint density at radius 3 is 2.27 bits per heavy atom. The fourth-order valence-electron chi connectivity index (χ4n) is 4.32. The number of hydrogen-bond acceptors (Lipinski definition) is 7. The second-order valence-electron chi connectivity index (χ2n) is 9.16. The van der Waals surface area contributed by atoms with Gasteiger partial charge in [-0.2, -0.15) is 0 Å². The Labute approximate surface area is 237 Å². The van der Waals surface area contributed by atoms with Crippen molar-refractivity contribution in [3.05, 3.63) is 108 Å². The van der Waals surface area contributed by atoms with Gasteiger partial charge in [-0.3, -0.25) is 14.9 Å². The molecule has 4 aromatic carbocycles. The van der Waals surface area contributed by atoms with Crippen LogP contribution in [0.4, 0.5) is 21.9 Å². The number of nitrogens with one attached hydrogen (secondary N) is 2. The monoisotopic (exact) mass is 553 g/mol. The summed E-state index contributed by atoms with van der Waals surface area (Å²) in [6.45, 7) is 3.50. The van der Waals surface area contributed by atoms with Gasteiger partial charge in [0, 0.05) is 34.9 Å². The van der Waals surface area contributed by atoms with Gasteiger partial charge in [0.05, 0.1) is 11.4 Å². The highest BCUT2D eigenvalue weighted by atomic mass is 16.6. The Bertz CT molecular complexity index is 1580. The maximum atomic E-state index is 13.1. The van der Waals surface area contributed by atoms with Gasteiger partial charge in [-0.25, -0.2) is 4.79 Å². The van der Waals surface area contributed by atoms with Gasteiger partial charge >= 0.3 is 6.09 Å². The summed E-state index contributed by atoms with van der Waals surface area (Å²) in [5, 5.41) is 17.1. The van der Waals surface area contributed by atoms with Crippen LogP contribution in [0, 0.1) is 0 Å². The van der Waals surface area contributed by atoms with Crippen LogP contribution >= 0.6 is 0 Å². The average molecular weight is 554 g/mol. The van der Waals surface area contributed by atoms with Crippen molar-refractivity contribution < 1.29 is 29.0 Å². The Morgan fingerprint density at radius 2 is 1.59 bits per heavy atom. The van der Waals surface area contributed by atoms with E-state index in [-0.39, 0.29) is 18.1 Å². The maximum absolute atomic E-state index is 13.1. The van der Waals surface area contributed by atoms with Gasteiger partial charge in [0.15, 0.2) is 11.9 Å². The van der Waals surface area contributed by atoms with Gasteiger partial charge in [0.1, 0.15) is 11.9 Å². The lowest BCUT2D eigenvalue weighted by Crippen LogP contribution is -2.28. The van der Waals surface area contributed by atoms with E-state index in [0.29, 0.717) is 39.0 Å². The molecule has 0 heterocycles. The van der Waals surface area contributed by atoms with E-state index in [0.717, 1.165) is 0 Å². The van der Waals surface area contributed by atoms with E-state index < -0.39 is 24.2 Å². The minimum atomic E-state index is -1.01. The average Bonchev–Trinajstić information content (AvgIpc) is 2.96. The number of carbonyl (C=O) groups is 3. The van der Waals surface area contributed by atoms with Crippen LogP contribution in [0.5, 0.6) is 5.75 Å². The number of phenolic OH excluding ortho intramolecular Hbond substituents is 1. The van der Waals surface area contributed by atoms with Crippen LogP contribution in [0.1, 0.15) is 35.9 Å². The zero-order chi connectivity index (χ0) is 29.4. The molecule has 0 unspecified atom stereocenters. The van der Waals surface area contributed by atoms with E-state index in [2.05, 4.69) is 10.6 Å². The number of hydrogen-bond donors (Lipinski definition) is 4. The summed E-state index contributed by atoms with van der Waals surface area (Å²) >= 11 is 0. The highest BCUT2D eigenvalue weighted by Crippen LogP contribution is 2.35. The molecule has 5 N–H and O–H groups in total. The molecule has 0 bridgehead atoms. The quantitative estimate of drug-likeness (QED) is 0.104. The second-order valence-corrected chi connectivity index (χ2v) is 9.16. The van der Waals surface area contributed by atoms with Gasteiger partial charge in [0.2, 0.25) is 5.91 Å². The zero-order valence-electron chi connectivity index (χ0n) is 22.7. The fraction of sp³-hybridized carbons (Fsp3) is 0.156. The first-order valence-electron chi connectivity index (χ1n) is 13.0. The van der Waals surface area contributed by atoms with Crippen molar-refractivity contribution >= 4 is 45.6 Å². The summed E-state index contributed by atoms with van der Waals surface area (Å²) in [6.07, 6.45) is 0.145. The van der Waals surface area contributed by atoms with Gasteiger partial charge in [-0.15, -0.1) is 0 Å². The molecule has 210 valence electrons. The van der Waals surface area contributed by atoms with Crippen molar-refractivity contribution in [2.75, 3.05) is 23.0 Å². The molecule has 41 heavy (non-hydrogen) atoms. The molecule has 9 nitrogen and oxygen atoms in total. The lowest BCUT2D eigenvalue weighted by molar-refractivity contribution is -0.112. The number of Topliss-reactive ketones (excluding diaryl/α,β-unsaturated/α-hetero) is 1. The molecule has 0 aliphatic heterocycles. The Morgan fingerprint density at radius 1 is 0.902 bits per heavy atom. The number of fused-ring (bicyclic) bond motifs is 1. The first-order valence-corrected chi connectivity index (χ1v) is 13.0. The number of ether oxygens (including phenoxy) is 2. The summed E-state index contributed by atoms with van der Waals surface area (Å²) in [6, 6.07) is 23.6. The molecule has 0 aliphatic rings. The highest BCUT2D eigenvalue weighted by molar-refractivity contribution is 6.01. The van der Waals surface area contributed by atoms with E-state index >= 15 is 0 Å². The van der Waals surface area contributed by atoms with Gasteiger partial charge in [0.25, 0.3) is 0 Å². The Hall–Kier alpha value is -5.15. The van der Waals surface area contributed by atoms with Gasteiger partial charge < -0.3 is 25.6 Å². The van der Waals surface area contributed by atoms with Crippen molar-refractivity contribution in [2.24, 2.45) is 0 Å². The molecule has 0 radical (unpaired) electrons. The number of amides is 2. The molecule has 2 amide bonds. The minimum absolute atomic E-state index is 0.0708. The lowest BCUT2D eigenvalue weighted by atomic mass is 9.96. The third-order valence-electron chi connectivity index (χ3n) is 6.33. The van der Waals surface area contributed by atoms with Crippen molar-refractivity contribution in [3.8, 4) is 5.75 Å². The Kier molecular flexibility index (Phi) is 9.34. The normalized spacial score (nSPS) is 12.5. The lowest BCUT2D eigenvalue weighted by Gasteiger charge is -2.26. The predicted molar refractivity (Wildman–Crippen MR) is 159 cm³/mol. The van der Waals surface area contributed by atoms with Crippen molar-refractivity contribution in [1.29, 1.82) is 0 Å². The minimum Gasteiger partial charge on any atom is -0.507 e. The molecule has 0 aliphatic carbocycles. The zero-order valence-corrected chi connectivity index (χ0v) is 22.7. The number of phenols is 1. The van der Waals surface area contributed by atoms with Crippen LogP contribution in [0.25, 0.3) is 10.8 Å². The number of para-hydroxylation sites is 2. The number of anilines is 3. The smallest absolute Gasteiger partial charge is 0.412 e. The molecule has 0 saturated carbocycles. The van der Waals surface area contributed by atoms with Crippen LogP contribution in [0.3, 0.4) is 0 Å². The molecule has 4 aromatic rings. The van der Waals surface area contributed by atoms with Crippen LogP contribution in [-0.4, -0.2) is 35.6 Å². The van der Waals surface area contributed by atoms with Crippen molar-refractivity contribution in [3.63, 3.8) is 0 Å². The van der Waals surface area contributed by atoms with E-state index in [1.165, 1.54) is 25.1 Å². The summed E-state index contributed by atoms with van der Waals surface area (Å²) in [7, 11) is 0. The molecule has 0 saturated heterocycles. The molecule has 0 aromatic heterocycles. The number of rotatable bonds is 10.